The minimum absolute atomic E-state index is 0.0579. The molecule has 0 aromatic carbocycles. The summed E-state index contributed by atoms with van der Waals surface area (Å²) in [7, 11) is -0.979. The van der Waals surface area contributed by atoms with Crippen molar-refractivity contribution in [1.29, 1.82) is 0 Å². The zero-order valence-electron chi connectivity index (χ0n) is 4.80. The van der Waals surface area contributed by atoms with Crippen LogP contribution in [0.5, 0.6) is 0 Å². The van der Waals surface area contributed by atoms with Gasteiger partial charge in [0, 0.05) is 0 Å². The minimum Gasteiger partial charge on any atom is -0.399 e. The highest BCUT2D eigenvalue weighted by Gasteiger charge is 2.44. The van der Waals surface area contributed by atoms with Gasteiger partial charge in [-0.2, -0.15) is 10.3 Å². The lowest BCUT2D eigenvalue weighted by Gasteiger charge is -2.35. The second-order valence-electron chi connectivity index (χ2n) is 1.65. The van der Waals surface area contributed by atoms with Crippen LogP contribution in [0.15, 0.2) is 5.16 Å². The number of hydroxylamine groups is 2. The van der Waals surface area contributed by atoms with E-state index in [-0.39, 0.29) is 5.96 Å². The molecule has 0 radical (unpaired) electrons. The molecule has 54 valence electrons. The molecule has 3 aliphatic rings. The van der Waals surface area contributed by atoms with Gasteiger partial charge in [-0.3, -0.25) is 0 Å². The van der Waals surface area contributed by atoms with Crippen molar-refractivity contribution in [1.82, 2.24) is 10.3 Å². The summed E-state index contributed by atoms with van der Waals surface area (Å²) in [6, 6.07) is 0. The van der Waals surface area contributed by atoms with Crippen LogP contribution in [0.2, 0.25) is 0 Å². The fraction of sp³-hybridized carbons (Fsp3) is 0. The predicted molar refractivity (Wildman–Crippen MR) is 28.5 cm³/mol. The van der Waals surface area contributed by atoms with E-state index in [0.29, 0.717) is 0 Å². The highest BCUT2D eigenvalue weighted by molar-refractivity contribution is 6.37. The Hall–Kier alpha value is -1.03. The molecule has 9 heteroatoms. The number of hydrogen-bond donors (Lipinski definition) is 2. The zero-order valence-corrected chi connectivity index (χ0v) is 4.80. The number of nitrogens with zero attached hydrogens (tertiary/aromatic N) is 3. The third-order valence-electron chi connectivity index (χ3n) is 1.01. The van der Waals surface area contributed by atoms with Gasteiger partial charge in [0.25, 0.3) is 0 Å². The van der Waals surface area contributed by atoms with Gasteiger partial charge in [-0.1, -0.05) is 5.16 Å². The summed E-state index contributed by atoms with van der Waals surface area (Å²) >= 11 is 0. The maximum Gasteiger partial charge on any atom is 0.783 e. The van der Waals surface area contributed by atoms with Crippen LogP contribution >= 0.6 is 0 Å². The first-order chi connectivity index (χ1) is 4.77. The van der Waals surface area contributed by atoms with Gasteiger partial charge in [0.1, 0.15) is 0 Å². The summed E-state index contributed by atoms with van der Waals surface area (Å²) in [5, 5.41) is 5.15. The molecule has 0 aromatic rings. The summed E-state index contributed by atoms with van der Waals surface area (Å²) in [6.07, 6.45) is 0. The van der Waals surface area contributed by atoms with Crippen molar-refractivity contribution in [3.05, 3.63) is 0 Å². The Morgan fingerprint density at radius 3 is 2.20 bits per heavy atom. The second-order valence-corrected chi connectivity index (χ2v) is 1.65. The average Bonchev–Trinajstić information content (AvgIpc) is 1.86. The van der Waals surface area contributed by atoms with Crippen molar-refractivity contribution in [3.8, 4) is 0 Å². The number of hydrogen-bond acceptors (Lipinski definition) is 8. The predicted octanol–water partition coefficient (Wildman–Crippen LogP) is -2.50. The van der Waals surface area contributed by atoms with E-state index in [1.807, 2.05) is 0 Å². The molecule has 0 saturated carbocycles. The molecule has 0 unspecified atom stereocenters. The Morgan fingerprint density at radius 1 is 1.30 bits per heavy atom. The lowest BCUT2D eigenvalue weighted by molar-refractivity contribution is -0.192. The summed E-state index contributed by atoms with van der Waals surface area (Å²) in [6.45, 7) is 0. The Morgan fingerprint density at radius 2 is 1.90 bits per heavy atom. The van der Waals surface area contributed by atoms with E-state index in [9.17, 15) is 0 Å². The Bertz CT molecular complexity index is 170. The molecule has 1 saturated heterocycles. The van der Waals surface area contributed by atoms with Crippen LogP contribution in [-0.4, -0.2) is 23.6 Å². The third-order valence-corrected chi connectivity index (χ3v) is 1.01. The Balaban J connectivity index is 2.26. The molecule has 3 rings (SSSR count). The van der Waals surface area contributed by atoms with Gasteiger partial charge in [-0.15, -0.1) is 0 Å². The molecule has 0 aromatic heterocycles. The van der Waals surface area contributed by atoms with E-state index in [0.717, 1.165) is 10.3 Å². The van der Waals surface area contributed by atoms with Crippen molar-refractivity contribution in [2.45, 2.75) is 0 Å². The van der Waals surface area contributed by atoms with E-state index in [2.05, 4.69) is 19.4 Å². The molecular formula is CH4BN5O3. The van der Waals surface area contributed by atoms with Gasteiger partial charge in [0.15, 0.2) is 0 Å². The largest absolute Gasteiger partial charge is 0.783 e. The van der Waals surface area contributed by atoms with Crippen LogP contribution in [0.4, 0.5) is 0 Å². The monoisotopic (exact) mass is 145 g/mol. The maximum absolute atomic E-state index is 5.21. The molecule has 0 amide bonds. The molecule has 0 atom stereocenters. The normalized spacial score (nSPS) is 23.0. The summed E-state index contributed by atoms with van der Waals surface area (Å²) in [5.41, 5.74) is 0. The second kappa shape index (κ2) is 1.73. The van der Waals surface area contributed by atoms with Crippen molar-refractivity contribution in [2.24, 2.45) is 16.8 Å². The molecule has 1 fully saturated rings. The molecule has 10 heavy (non-hydrogen) atoms. The third kappa shape index (κ3) is 0.624. The van der Waals surface area contributed by atoms with E-state index in [1.165, 1.54) is 0 Å². The first kappa shape index (κ1) is 5.74. The van der Waals surface area contributed by atoms with Crippen molar-refractivity contribution in [3.63, 3.8) is 0 Å². The number of guanidine groups is 1. The van der Waals surface area contributed by atoms with Crippen molar-refractivity contribution < 1.29 is 14.3 Å². The molecule has 0 aliphatic carbocycles. The van der Waals surface area contributed by atoms with Crippen molar-refractivity contribution in [2.75, 3.05) is 0 Å². The standard InChI is InChI=1S/CH4BN5O3/c3-6-1-5-8-2(9-6)10-7(1)4/h3-4H2. The quantitative estimate of drug-likeness (QED) is 0.287. The lowest BCUT2D eigenvalue weighted by Crippen LogP contribution is -2.64. The average molecular weight is 145 g/mol. The molecule has 4 N–H and O–H groups in total. The van der Waals surface area contributed by atoms with Gasteiger partial charge >= 0.3 is 13.3 Å². The lowest BCUT2D eigenvalue weighted by atomic mass is 10.2. The summed E-state index contributed by atoms with van der Waals surface area (Å²) < 4.78 is 13.9. The molecule has 3 heterocycles. The van der Waals surface area contributed by atoms with E-state index >= 15 is 0 Å². The van der Waals surface area contributed by atoms with Crippen LogP contribution in [-0.2, 0) is 14.3 Å². The van der Waals surface area contributed by atoms with Gasteiger partial charge in [0.05, 0.1) is 0 Å². The van der Waals surface area contributed by atoms with E-state index < -0.39 is 7.32 Å². The Labute approximate surface area is 55.9 Å². The van der Waals surface area contributed by atoms with Crippen LogP contribution in [0.3, 0.4) is 0 Å². The first-order valence-corrected chi connectivity index (χ1v) is 2.44. The fourth-order valence-corrected chi connectivity index (χ4v) is 0.605. The number of hydrazine groups is 2. The van der Waals surface area contributed by atoms with Gasteiger partial charge in [-0.25, -0.2) is 21.2 Å². The Kier molecular flexibility index (Phi) is 0.993. The summed E-state index contributed by atoms with van der Waals surface area (Å²) in [4.78, 5) is 0. The minimum atomic E-state index is -0.979. The van der Waals surface area contributed by atoms with Crippen LogP contribution in [0.1, 0.15) is 0 Å². The van der Waals surface area contributed by atoms with E-state index in [4.69, 9.17) is 11.7 Å². The van der Waals surface area contributed by atoms with Crippen LogP contribution < -0.4 is 11.7 Å². The van der Waals surface area contributed by atoms with Gasteiger partial charge < -0.3 is 4.76 Å². The smallest absolute Gasteiger partial charge is 0.399 e. The molecule has 0 spiro atoms. The molecule has 8 nitrogen and oxygen atoms in total. The summed E-state index contributed by atoms with van der Waals surface area (Å²) in [5.74, 6) is 10.5. The maximum atomic E-state index is 5.21. The van der Waals surface area contributed by atoms with Crippen molar-refractivity contribution >= 4 is 13.3 Å². The van der Waals surface area contributed by atoms with E-state index in [1.54, 1.807) is 0 Å². The topological polar surface area (TPSA) is 98.6 Å². The van der Waals surface area contributed by atoms with Crippen LogP contribution in [0.25, 0.3) is 0 Å². The highest BCUT2D eigenvalue weighted by atomic mass is 17.0. The van der Waals surface area contributed by atoms with Gasteiger partial charge in [0.2, 0.25) is 0 Å². The number of oxime groups is 1. The van der Waals surface area contributed by atoms with Crippen LogP contribution in [0, 0.1) is 0 Å². The SMILES string of the molecule is NN1OB2ON=C1N(N)O2. The molecule has 3 aliphatic heterocycles. The number of nitrogens with two attached hydrogens (primary N) is 2. The van der Waals surface area contributed by atoms with Gasteiger partial charge in [-0.05, 0) is 0 Å². The number of fused-ring (bicyclic) bond motifs is 3. The highest BCUT2D eigenvalue weighted by Crippen LogP contribution is 2.12. The molecule has 2 bridgehead atoms. The molecular weight excluding hydrogens is 141 g/mol. The zero-order chi connectivity index (χ0) is 7.14. The first-order valence-electron chi connectivity index (χ1n) is 2.44. The number of rotatable bonds is 0. The fourth-order valence-electron chi connectivity index (χ4n) is 0.605.